The maximum absolute atomic E-state index is 12.6. The highest BCUT2D eigenvalue weighted by atomic mass is 35.5. The van der Waals surface area contributed by atoms with E-state index >= 15 is 0 Å². The number of phenolic OH excluding ortho intramolecular Hbond substituents is 1. The molecule has 6 heteroatoms. The summed E-state index contributed by atoms with van der Waals surface area (Å²) in [5, 5.41) is 13.6. The van der Waals surface area contributed by atoms with Gasteiger partial charge < -0.3 is 15.2 Å². The molecule has 2 N–H and O–H groups in total. The number of aryl methyl sites for hydroxylation is 1. The number of carbonyl (C=O) groups excluding carboxylic acids is 1. The van der Waals surface area contributed by atoms with Crippen LogP contribution in [-0.4, -0.2) is 48.8 Å². The van der Waals surface area contributed by atoms with Crippen LogP contribution >= 0.6 is 11.6 Å². The summed E-state index contributed by atoms with van der Waals surface area (Å²) >= 11 is 6.41. The topological polar surface area (TPSA) is 61.8 Å². The summed E-state index contributed by atoms with van der Waals surface area (Å²) < 4.78 is 5.44. The lowest BCUT2D eigenvalue weighted by molar-refractivity contribution is 0.0162. The van der Waals surface area contributed by atoms with Crippen LogP contribution in [0.25, 0.3) is 0 Å². The molecule has 1 fully saturated rings. The predicted octanol–water partition coefficient (Wildman–Crippen LogP) is 3.16. The molecule has 0 aromatic heterocycles. The first-order valence-electron chi connectivity index (χ1n) is 8.70. The molecule has 0 spiro atoms. The molecular weight excluding hydrogens is 352 g/mol. The Morgan fingerprint density at radius 1 is 1.27 bits per heavy atom. The smallest absolute Gasteiger partial charge is 0.255 e. The van der Waals surface area contributed by atoms with E-state index in [2.05, 4.69) is 10.2 Å². The second-order valence-electron chi connectivity index (χ2n) is 6.42. The van der Waals surface area contributed by atoms with Gasteiger partial charge in [-0.15, -0.1) is 0 Å². The lowest BCUT2D eigenvalue weighted by atomic mass is 10.0. The van der Waals surface area contributed by atoms with E-state index in [-0.39, 0.29) is 23.3 Å². The number of halogens is 1. The number of hydrogen-bond donors (Lipinski definition) is 2. The van der Waals surface area contributed by atoms with Gasteiger partial charge in [-0.25, -0.2) is 0 Å². The Balaban J connectivity index is 1.78. The molecule has 0 radical (unpaired) electrons. The number of carbonyl (C=O) groups is 1. The van der Waals surface area contributed by atoms with Crippen molar-refractivity contribution >= 4 is 17.5 Å². The molecule has 1 aliphatic rings. The maximum atomic E-state index is 12.6. The van der Waals surface area contributed by atoms with Gasteiger partial charge in [-0.2, -0.15) is 0 Å². The van der Waals surface area contributed by atoms with E-state index in [0.29, 0.717) is 24.8 Å². The van der Waals surface area contributed by atoms with Gasteiger partial charge in [0.2, 0.25) is 0 Å². The van der Waals surface area contributed by atoms with E-state index in [9.17, 15) is 9.90 Å². The molecule has 0 saturated carbocycles. The Morgan fingerprint density at radius 2 is 2.00 bits per heavy atom. The Hall–Kier alpha value is -2.08. The van der Waals surface area contributed by atoms with E-state index < -0.39 is 0 Å². The molecule has 0 aliphatic carbocycles. The number of hydrogen-bond acceptors (Lipinski definition) is 4. The van der Waals surface area contributed by atoms with Gasteiger partial charge in [0.25, 0.3) is 5.91 Å². The van der Waals surface area contributed by atoms with Crippen molar-refractivity contribution in [3.63, 3.8) is 0 Å². The number of rotatable bonds is 5. The first-order valence-corrected chi connectivity index (χ1v) is 9.08. The van der Waals surface area contributed by atoms with Crippen molar-refractivity contribution in [1.82, 2.24) is 10.2 Å². The summed E-state index contributed by atoms with van der Waals surface area (Å²) in [4.78, 5) is 14.8. The number of morpholine rings is 1. The van der Waals surface area contributed by atoms with E-state index in [1.54, 1.807) is 12.1 Å². The molecule has 1 aliphatic heterocycles. The summed E-state index contributed by atoms with van der Waals surface area (Å²) in [5.41, 5.74) is 2.18. The highest BCUT2D eigenvalue weighted by Gasteiger charge is 2.25. The minimum absolute atomic E-state index is 0.0197. The van der Waals surface area contributed by atoms with Crippen molar-refractivity contribution in [2.75, 3.05) is 32.8 Å². The number of aromatic hydroxyl groups is 1. The van der Waals surface area contributed by atoms with Crippen molar-refractivity contribution < 1.29 is 14.6 Å². The summed E-state index contributed by atoms with van der Waals surface area (Å²) in [6.07, 6.45) is 0. The van der Waals surface area contributed by atoms with Crippen LogP contribution in [0.5, 0.6) is 5.75 Å². The van der Waals surface area contributed by atoms with Crippen molar-refractivity contribution in [2.45, 2.75) is 13.0 Å². The van der Waals surface area contributed by atoms with Crippen molar-refractivity contribution in [3.8, 4) is 5.75 Å². The van der Waals surface area contributed by atoms with E-state index in [0.717, 1.165) is 24.2 Å². The van der Waals surface area contributed by atoms with Crippen molar-refractivity contribution in [3.05, 3.63) is 64.2 Å². The summed E-state index contributed by atoms with van der Waals surface area (Å²) in [6, 6.07) is 12.6. The molecule has 2 aromatic carbocycles. The Labute approximate surface area is 158 Å². The largest absolute Gasteiger partial charge is 0.507 e. The first kappa shape index (κ1) is 18.7. The van der Waals surface area contributed by atoms with Crippen LogP contribution in [0.15, 0.2) is 42.5 Å². The van der Waals surface area contributed by atoms with E-state index in [1.165, 1.54) is 6.07 Å². The maximum Gasteiger partial charge on any atom is 0.255 e. The Kier molecular flexibility index (Phi) is 6.14. The van der Waals surface area contributed by atoms with Gasteiger partial charge in [-0.1, -0.05) is 41.4 Å². The zero-order chi connectivity index (χ0) is 18.5. The molecule has 138 valence electrons. The fraction of sp³-hybridized carbons (Fsp3) is 0.350. The van der Waals surface area contributed by atoms with Gasteiger partial charge in [0.15, 0.2) is 0 Å². The third kappa shape index (κ3) is 4.36. The highest BCUT2D eigenvalue weighted by Crippen LogP contribution is 2.28. The second kappa shape index (κ2) is 8.54. The standard InChI is InChI=1S/C20H23ClN2O3/c1-14-6-7-19(24)16(12-14)20(25)22-13-18(23-8-10-26-11-9-23)15-4-2-3-5-17(15)21/h2-7,12,18,24H,8-11,13H2,1H3,(H,22,25). The van der Waals surface area contributed by atoms with Crippen LogP contribution in [-0.2, 0) is 4.74 Å². The normalized spacial score (nSPS) is 16.2. The fourth-order valence-electron chi connectivity index (χ4n) is 3.19. The molecule has 1 atom stereocenters. The number of ether oxygens (including phenoxy) is 1. The molecule has 26 heavy (non-hydrogen) atoms. The van der Waals surface area contributed by atoms with Crippen LogP contribution in [0.1, 0.15) is 27.5 Å². The number of nitrogens with one attached hydrogen (secondary N) is 1. The van der Waals surface area contributed by atoms with Crippen LogP contribution in [0.3, 0.4) is 0 Å². The number of phenols is 1. The summed E-state index contributed by atoms with van der Waals surface area (Å²) in [7, 11) is 0. The quantitative estimate of drug-likeness (QED) is 0.844. The molecule has 5 nitrogen and oxygen atoms in total. The minimum Gasteiger partial charge on any atom is -0.507 e. The van der Waals surface area contributed by atoms with Crippen LogP contribution in [0, 0.1) is 6.92 Å². The zero-order valence-electron chi connectivity index (χ0n) is 14.7. The molecule has 1 saturated heterocycles. The fourth-order valence-corrected chi connectivity index (χ4v) is 3.45. The van der Waals surface area contributed by atoms with Crippen molar-refractivity contribution in [2.24, 2.45) is 0 Å². The van der Waals surface area contributed by atoms with Crippen LogP contribution < -0.4 is 5.32 Å². The molecule has 0 bridgehead atoms. The number of amides is 1. The average Bonchev–Trinajstić information content (AvgIpc) is 2.66. The van der Waals surface area contributed by atoms with Gasteiger partial charge in [0, 0.05) is 24.7 Å². The highest BCUT2D eigenvalue weighted by molar-refractivity contribution is 6.31. The SMILES string of the molecule is Cc1ccc(O)c(C(=O)NCC(c2ccccc2Cl)N2CCOCC2)c1. The Morgan fingerprint density at radius 3 is 2.73 bits per heavy atom. The van der Waals surface area contributed by atoms with E-state index in [4.69, 9.17) is 16.3 Å². The average molecular weight is 375 g/mol. The third-order valence-corrected chi connectivity index (χ3v) is 4.95. The summed E-state index contributed by atoms with van der Waals surface area (Å²) in [6.45, 7) is 5.16. The molecule has 3 rings (SSSR count). The van der Waals surface area contributed by atoms with Gasteiger partial charge in [-0.3, -0.25) is 9.69 Å². The lowest BCUT2D eigenvalue weighted by Crippen LogP contribution is -2.44. The van der Waals surface area contributed by atoms with Crippen LogP contribution in [0.4, 0.5) is 0 Å². The molecule has 1 amide bonds. The zero-order valence-corrected chi connectivity index (χ0v) is 15.5. The number of nitrogens with zero attached hydrogens (tertiary/aromatic N) is 1. The third-order valence-electron chi connectivity index (χ3n) is 4.60. The summed E-state index contributed by atoms with van der Waals surface area (Å²) in [5.74, 6) is -0.315. The van der Waals surface area contributed by atoms with Gasteiger partial charge >= 0.3 is 0 Å². The van der Waals surface area contributed by atoms with Crippen molar-refractivity contribution in [1.29, 1.82) is 0 Å². The van der Waals surface area contributed by atoms with Gasteiger partial charge in [0.05, 0.1) is 24.8 Å². The van der Waals surface area contributed by atoms with Gasteiger partial charge in [0.1, 0.15) is 5.75 Å². The van der Waals surface area contributed by atoms with Gasteiger partial charge in [-0.05, 0) is 30.7 Å². The monoisotopic (exact) mass is 374 g/mol. The second-order valence-corrected chi connectivity index (χ2v) is 6.82. The Bertz CT molecular complexity index is 775. The first-order chi connectivity index (χ1) is 12.6. The molecule has 1 unspecified atom stereocenters. The van der Waals surface area contributed by atoms with E-state index in [1.807, 2.05) is 31.2 Å². The number of benzene rings is 2. The molecular formula is C20H23ClN2O3. The molecule has 2 aromatic rings. The molecule has 1 heterocycles. The predicted molar refractivity (Wildman–Crippen MR) is 102 cm³/mol. The van der Waals surface area contributed by atoms with Crippen LogP contribution in [0.2, 0.25) is 5.02 Å². The lowest BCUT2D eigenvalue weighted by Gasteiger charge is -2.35. The minimum atomic E-state index is -0.295.